The van der Waals surface area contributed by atoms with Gasteiger partial charge in [-0.2, -0.15) is 13.2 Å². The second kappa shape index (κ2) is 5.54. The summed E-state index contributed by atoms with van der Waals surface area (Å²) in [5, 5.41) is 13.9. The minimum atomic E-state index is -4.30. The second-order valence-electron chi connectivity index (χ2n) is 5.06. The molecule has 0 aliphatic carbocycles. The van der Waals surface area contributed by atoms with Crippen molar-refractivity contribution in [3.63, 3.8) is 0 Å². The first kappa shape index (κ1) is 15.4. The van der Waals surface area contributed by atoms with E-state index in [-0.39, 0.29) is 5.41 Å². The lowest BCUT2D eigenvalue weighted by Gasteiger charge is -2.17. The molecule has 1 aromatic heterocycles. The van der Waals surface area contributed by atoms with Crippen molar-refractivity contribution >= 4 is 11.3 Å². The van der Waals surface area contributed by atoms with E-state index in [2.05, 4.69) is 10.3 Å². The van der Waals surface area contributed by atoms with E-state index in [9.17, 15) is 13.2 Å². The molecule has 0 saturated carbocycles. The molecule has 1 unspecified atom stereocenters. The van der Waals surface area contributed by atoms with Crippen LogP contribution in [0.2, 0.25) is 0 Å². The lowest BCUT2D eigenvalue weighted by atomic mass is 9.98. The van der Waals surface area contributed by atoms with Crippen molar-refractivity contribution in [2.75, 3.05) is 13.2 Å². The van der Waals surface area contributed by atoms with Gasteiger partial charge in [-0.05, 0) is 0 Å². The fourth-order valence-electron chi connectivity index (χ4n) is 1.29. The van der Waals surface area contributed by atoms with Crippen LogP contribution < -0.4 is 5.32 Å². The molecule has 18 heavy (non-hydrogen) atoms. The largest absolute Gasteiger partial charge is 0.401 e. The molecule has 1 atom stereocenters. The molecule has 0 aliphatic heterocycles. The summed E-state index contributed by atoms with van der Waals surface area (Å²) < 4.78 is 36.3. The minimum Gasteiger partial charge on any atom is -0.394 e. The zero-order valence-corrected chi connectivity index (χ0v) is 11.3. The van der Waals surface area contributed by atoms with Gasteiger partial charge in [0.2, 0.25) is 0 Å². The van der Waals surface area contributed by atoms with Crippen molar-refractivity contribution in [3.8, 4) is 0 Å². The first-order valence-electron chi connectivity index (χ1n) is 5.50. The number of thiazole rings is 1. The van der Waals surface area contributed by atoms with Gasteiger partial charge in [-0.25, -0.2) is 4.98 Å². The molecule has 3 nitrogen and oxygen atoms in total. The first-order valence-corrected chi connectivity index (χ1v) is 6.38. The highest BCUT2D eigenvalue weighted by Crippen LogP contribution is 2.28. The third-order valence-electron chi connectivity index (χ3n) is 2.25. The Hall–Kier alpha value is -0.660. The van der Waals surface area contributed by atoms with Gasteiger partial charge in [0.1, 0.15) is 0 Å². The van der Waals surface area contributed by atoms with Crippen molar-refractivity contribution in [2.45, 2.75) is 38.4 Å². The van der Waals surface area contributed by atoms with Crippen LogP contribution >= 0.6 is 11.3 Å². The van der Waals surface area contributed by atoms with E-state index in [4.69, 9.17) is 5.11 Å². The molecule has 0 fully saturated rings. The Labute approximate surface area is 108 Å². The Kier molecular flexibility index (Phi) is 4.74. The number of halogens is 3. The van der Waals surface area contributed by atoms with Crippen molar-refractivity contribution < 1.29 is 18.3 Å². The summed E-state index contributed by atoms with van der Waals surface area (Å²) in [5.74, 6) is 0. The molecule has 0 bridgehead atoms. The summed E-state index contributed by atoms with van der Waals surface area (Å²) in [5.41, 5.74) is 0.309. The van der Waals surface area contributed by atoms with Crippen LogP contribution in [0.1, 0.15) is 37.5 Å². The van der Waals surface area contributed by atoms with Gasteiger partial charge < -0.3 is 5.11 Å². The predicted octanol–water partition coefficient (Wildman–Crippen LogP) is 2.63. The third kappa shape index (κ3) is 4.55. The standard InChI is InChI=1S/C11H17F3N2OS/c1-10(2,3)9-16-8(5-18-9)7(4-17)15-6-11(12,13)14/h5,7,15,17H,4,6H2,1-3H3. The molecule has 0 radical (unpaired) electrons. The Bertz CT molecular complexity index is 384. The van der Waals surface area contributed by atoms with Gasteiger partial charge in [-0.1, -0.05) is 20.8 Å². The number of aromatic nitrogens is 1. The number of rotatable bonds is 4. The van der Waals surface area contributed by atoms with Crippen molar-refractivity contribution in [2.24, 2.45) is 0 Å². The fourth-order valence-corrected chi connectivity index (χ4v) is 2.25. The fraction of sp³-hybridized carbons (Fsp3) is 0.727. The number of aliphatic hydroxyl groups excluding tert-OH is 1. The van der Waals surface area contributed by atoms with E-state index < -0.39 is 25.4 Å². The highest BCUT2D eigenvalue weighted by Gasteiger charge is 2.29. The maximum absolute atomic E-state index is 12.1. The van der Waals surface area contributed by atoms with Gasteiger partial charge >= 0.3 is 6.18 Å². The molecular formula is C11H17F3N2OS. The van der Waals surface area contributed by atoms with Gasteiger partial charge in [-0.3, -0.25) is 5.32 Å². The topological polar surface area (TPSA) is 45.2 Å². The van der Waals surface area contributed by atoms with Crippen LogP contribution in [0.4, 0.5) is 13.2 Å². The Balaban J connectivity index is 2.74. The average molecular weight is 282 g/mol. The van der Waals surface area contributed by atoms with Crippen LogP contribution in [-0.4, -0.2) is 29.4 Å². The molecule has 1 aromatic rings. The zero-order chi connectivity index (χ0) is 14.0. The molecule has 0 amide bonds. The van der Waals surface area contributed by atoms with Crippen LogP contribution in [0.5, 0.6) is 0 Å². The average Bonchev–Trinajstić information content (AvgIpc) is 2.65. The normalized spacial score (nSPS) is 14.8. The Morgan fingerprint density at radius 3 is 2.39 bits per heavy atom. The van der Waals surface area contributed by atoms with Gasteiger partial charge in [0.15, 0.2) is 0 Å². The monoisotopic (exact) mass is 282 g/mol. The number of nitrogens with one attached hydrogen (secondary N) is 1. The van der Waals surface area contributed by atoms with Crippen molar-refractivity contribution in [3.05, 3.63) is 16.1 Å². The molecule has 7 heteroatoms. The van der Waals surface area contributed by atoms with Crippen molar-refractivity contribution in [1.82, 2.24) is 10.3 Å². The first-order chi connectivity index (χ1) is 8.13. The highest BCUT2D eigenvalue weighted by molar-refractivity contribution is 7.09. The lowest BCUT2D eigenvalue weighted by Crippen LogP contribution is -2.34. The number of hydrogen-bond acceptors (Lipinski definition) is 4. The van der Waals surface area contributed by atoms with Crippen LogP contribution in [0.3, 0.4) is 0 Å². The lowest BCUT2D eigenvalue weighted by molar-refractivity contribution is -0.126. The number of hydrogen-bond donors (Lipinski definition) is 2. The van der Waals surface area contributed by atoms with Crippen LogP contribution in [0.15, 0.2) is 5.38 Å². The molecule has 2 N–H and O–H groups in total. The quantitative estimate of drug-likeness (QED) is 0.892. The predicted molar refractivity (Wildman–Crippen MR) is 64.7 cm³/mol. The van der Waals surface area contributed by atoms with Gasteiger partial charge in [0, 0.05) is 10.8 Å². The van der Waals surface area contributed by atoms with E-state index in [1.807, 2.05) is 20.8 Å². The van der Waals surface area contributed by atoms with Gasteiger partial charge in [0.25, 0.3) is 0 Å². The highest BCUT2D eigenvalue weighted by atomic mass is 32.1. The number of alkyl halides is 3. The maximum Gasteiger partial charge on any atom is 0.401 e. The molecule has 1 heterocycles. The summed E-state index contributed by atoms with van der Waals surface area (Å²) >= 11 is 1.39. The number of aliphatic hydroxyl groups is 1. The maximum atomic E-state index is 12.1. The minimum absolute atomic E-state index is 0.146. The van der Waals surface area contributed by atoms with Crippen molar-refractivity contribution in [1.29, 1.82) is 0 Å². The van der Waals surface area contributed by atoms with Crippen LogP contribution in [-0.2, 0) is 5.41 Å². The Morgan fingerprint density at radius 1 is 1.39 bits per heavy atom. The molecule has 0 aliphatic rings. The summed E-state index contributed by atoms with van der Waals surface area (Å²) in [4.78, 5) is 4.28. The van der Waals surface area contributed by atoms with E-state index >= 15 is 0 Å². The van der Waals surface area contributed by atoms with E-state index in [1.165, 1.54) is 11.3 Å². The zero-order valence-electron chi connectivity index (χ0n) is 10.5. The summed E-state index contributed by atoms with van der Waals surface area (Å²) in [6, 6.07) is -0.779. The molecule has 0 aromatic carbocycles. The molecule has 104 valence electrons. The van der Waals surface area contributed by atoms with Gasteiger partial charge in [0.05, 0.1) is 29.9 Å². The smallest absolute Gasteiger partial charge is 0.394 e. The number of nitrogens with zero attached hydrogens (tertiary/aromatic N) is 1. The van der Waals surface area contributed by atoms with E-state index in [1.54, 1.807) is 5.38 Å². The van der Waals surface area contributed by atoms with Crippen LogP contribution in [0.25, 0.3) is 0 Å². The molecule has 1 rings (SSSR count). The van der Waals surface area contributed by atoms with Crippen LogP contribution in [0, 0.1) is 0 Å². The summed E-state index contributed by atoms with van der Waals surface area (Å²) in [6.07, 6.45) is -4.30. The molecular weight excluding hydrogens is 265 g/mol. The molecule has 0 spiro atoms. The van der Waals surface area contributed by atoms with Gasteiger partial charge in [-0.15, -0.1) is 11.3 Å². The Morgan fingerprint density at radius 2 is 2.00 bits per heavy atom. The summed E-state index contributed by atoms with van der Waals surface area (Å²) in [7, 11) is 0. The third-order valence-corrected chi connectivity index (χ3v) is 3.54. The van der Waals surface area contributed by atoms with E-state index in [0.29, 0.717) is 5.69 Å². The SMILES string of the molecule is CC(C)(C)c1nc(C(CO)NCC(F)(F)F)cs1. The summed E-state index contributed by atoms with van der Waals surface area (Å²) in [6.45, 7) is 4.39. The van der Waals surface area contributed by atoms with E-state index in [0.717, 1.165) is 5.01 Å². The molecule has 0 saturated heterocycles. The second-order valence-corrected chi connectivity index (χ2v) is 5.92.